The minimum atomic E-state index is 0.254. The largest absolute Gasteiger partial charge is 0.508 e. The molecule has 0 atom stereocenters. The van der Waals surface area contributed by atoms with Crippen molar-refractivity contribution in [3.05, 3.63) is 71.3 Å². The molecule has 0 aliphatic carbocycles. The number of phenolic OH excluding ortho intramolecular Hbond substituents is 1. The van der Waals surface area contributed by atoms with Crippen LogP contribution in [0.2, 0.25) is 0 Å². The Morgan fingerprint density at radius 2 is 1.30 bits per heavy atom. The van der Waals surface area contributed by atoms with E-state index < -0.39 is 0 Å². The Morgan fingerprint density at radius 1 is 0.696 bits per heavy atom. The molecule has 0 bridgehead atoms. The lowest BCUT2D eigenvalue weighted by Crippen LogP contribution is -1.98. The first-order valence-corrected chi connectivity index (χ1v) is 7.73. The minimum absolute atomic E-state index is 0.254. The summed E-state index contributed by atoms with van der Waals surface area (Å²) in [5, 5.41) is 9.85. The molecular formula is C21H21NO. The van der Waals surface area contributed by atoms with Gasteiger partial charge in [0.2, 0.25) is 0 Å². The summed E-state index contributed by atoms with van der Waals surface area (Å²) in [6, 6.07) is 17.9. The molecule has 0 aliphatic heterocycles. The van der Waals surface area contributed by atoms with Gasteiger partial charge in [-0.25, -0.2) is 0 Å². The van der Waals surface area contributed by atoms with Crippen LogP contribution in [0.4, 0.5) is 5.69 Å². The van der Waals surface area contributed by atoms with Gasteiger partial charge in [0.1, 0.15) is 5.75 Å². The van der Waals surface area contributed by atoms with Crippen molar-refractivity contribution in [2.45, 2.75) is 20.8 Å². The van der Waals surface area contributed by atoms with E-state index in [2.05, 4.69) is 38.1 Å². The highest BCUT2D eigenvalue weighted by atomic mass is 16.3. The van der Waals surface area contributed by atoms with Crippen LogP contribution in [0.5, 0.6) is 5.75 Å². The van der Waals surface area contributed by atoms with Crippen molar-refractivity contribution in [3.8, 4) is 28.0 Å². The van der Waals surface area contributed by atoms with Crippen LogP contribution in [0.1, 0.15) is 16.7 Å². The molecule has 0 saturated heterocycles. The maximum absolute atomic E-state index is 9.85. The lowest BCUT2D eigenvalue weighted by atomic mass is 9.90. The highest BCUT2D eigenvalue weighted by Gasteiger charge is 2.13. The van der Waals surface area contributed by atoms with E-state index in [0.717, 1.165) is 39.1 Å². The third-order valence-electron chi connectivity index (χ3n) is 4.27. The summed E-state index contributed by atoms with van der Waals surface area (Å²) in [4.78, 5) is 0. The second-order valence-electron chi connectivity index (χ2n) is 6.09. The number of anilines is 1. The van der Waals surface area contributed by atoms with E-state index in [0.29, 0.717) is 0 Å². The van der Waals surface area contributed by atoms with Crippen LogP contribution < -0.4 is 5.73 Å². The molecule has 0 saturated carbocycles. The van der Waals surface area contributed by atoms with Crippen molar-refractivity contribution in [2.75, 3.05) is 5.73 Å². The molecule has 2 nitrogen and oxygen atoms in total. The second kappa shape index (κ2) is 5.81. The molecule has 116 valence electrons. The predicted molar refractivity (Wildman–Crippen MR) is 97.6 cm³/mol. The molecule has 3 aromatic rings. The Kier molecular flexibility index (Phi) is 3.83. The molecule has 0 amide bonds. The van der Waals surface area contributed by atoms with Crippen LogP contribution in [0.25, 0.3) is 22.3 Å². The molecule has 0 heterocycles. The topological polar surface area (TPSA) is 46.2 Å². The first-order chi connectivity index (χ1) is 11.0. The Hall–Kier alpha value is -2.74. The highest BCUT2D eigenvalue weighted by Crippen LogP contribution is 2.39. The Balaban J connectivity index is 2.29. The van der Waals surface area contributed by atoms with Crippen molar-refractivity contribution in [1.29, 1.82) is 0 Å². The van der Waals surface area contributed by atoms with Gasteiger partial charge in [-0.3, -0.25) is 0 Å². The van der Waals surface area contributed by atoms with Crippen LogP contribution in [-0.4, -0.2) is 5.11 Å². The molecule has 23 heavy (non-hydrogen) atoms. The smallest absolute Gasteiger partial charge is 0.116 e. The molecule has 0 spiro atoms. The highest BCUT2D eigenvalue weighted by molar-refractivity contribution is 5.91. The molecule has 0 fully saturated rings. The first kappa shape index (κ1) is 15.2. The molecule has 2 heteroatoms. The quantitative estimate of drug-likeness (QED) is 0.636. The summed E-state index contributed by atoms with van der Waals surface area (Å²) < 4.78 is 0. The second-order valence-corrected chi connectivity index (χ2v) is 6.09. The average molecular weight is 303 g/mol. The maximum atomic E-state index is 9.85. The van der Waals surface area contributed by atoms with Crippen molar-refractivity contribution in [3.63, 3.8) is 0 Å². The number of hydrogen-bond donors (Lipinski definition) is 2. The van der Waals surface area contributed by atoms with Gasteiger partial charge < -0.3 is 10.8 Å². The van der Waals surface area contributed by atoms with Crippen LogP contribution >= 0.6 is 0 Å². The van der Waals surface area contributed by atoms with Crippen molar-refractivity contribution in [2.24, 2.45) is 0 Å². The van der Waals surface area contributed by atoms with Gasteiger partial charge in [0, 0.05) is 16.8 Å². The molecule has 0 radical (unpaired) electrons. The fourth-order valence-corrected chi connectivity index (χ4v) is 3.02. The van der Waals surface area contributed by atoms with Gasteiger partial charge in [-0.05, 0) is 72.9 Å². The molecule has 0 aromatic heterocycles. The summed E-state index contributed by atoms with van der Waals surface area (Å²) in [7, 11) is 0. The Bertz CT molecular complexity index is 881. The number of benzene rings is 3. The molecule has 3 aromatic carbocycles. The number of aryl methyl sites for hydroxylation is 3. The fourth-order valence-electron chi connectivity index (χ4n) is 3.02. The van der Waals surface area contributed by atoms with Crippen LogP contribution in [0, 0.1) is 20.8 Å². The maximum Gasteiger partial charge on any atom is 0.116 e. The zero-order chi connectivity index (χ0) is 16.6. The van der Waals surface area contributed by atoms with Gasteiger partial charge >= 0.3 is 0 Å². The van der Waals surface area contributed by atoms with Crippen LogP contribution in [0.3, 0.4) is 0 Å². The van der Waals surface area contributed by atoms with Crippen LogP contribution in [-0.2, 0) is 0 Å². The van der Waals surface area contributed by atoms with Gasteiger partial charge in [0.25, 0.3) is 0 Å². The van der Waals surface area contributed by atoms with E-state index in [4.69, 9.17) is 5.73 Å². The monoisotopic (exact) mass is 303 g/mol. The summed E-state index contributed by atoms with van der Waals surface area (Å²) >= 11 is 0. The van der Waals surface area contributed by atoms with Gasteiger partial charge in [-0.2, -0.15) is 0 Å². The third kappa shape index (κ3) is 2.80. The number of nitrogen functional groups attached to an aromatic ring is 1. The number of rotatable bonds is 2. The number of nitrogens with two attached hydrogens (primary N) is 1. The molecule has 0 aliphatic rings. The summed E-state index contributed by atoms with van der Waals surface area (Å²) in [5.74, 6) is 0.254. The van der Waals surface area contributed by atoms with E-state index in [1.165, 1.54) is 5.56 Å². The average Bonchev–Trinajstić information content (AvgIpc) is 2.52. The summed E-state index contributed by atoms with van der Waals surface area (Å²) in [6.45, 7) is 6.20. The lowest BCUT2D eigenvalue weighted by Gasteiger charge is -2.16. The van der Waals surface area contributed by atoms with E-state index in [1.54, 1.807) is 12.1 Å². The molecule has 0 unspecified atom stereocenters. The third-order valence-corrected chi connectivity index (χ3v) is 4.27. The van der Waals surface area contributed by atoms with Gasteiger partial charge in [-0.15, -0.1) is 0 Å². The number of phenols is 1. The van der Waals surface area contributed by atoms with E-state index in [9.17, 15) is 5.11 Å². The standard InChI is InChI=1S/C21H21NO/c1-13-10-19(17-7-5-4-6-14(17)2)21(22)20(11-13)18-12-16(23)9-8-15(18)3/h4-12,23H,22H2,1-3H3. The first-order valence-electron chi connectivity index (χ1n) is 7.73. The zero-order valence-electron chi connectivity index (χ0n) is 13.7. The molecular weight excluding hydrogens is 282 g/mol. The van der Waals surface area contributed by atoms with Crippen molar-refractivity contribution >= 4 is 5.69 Å². The van der Waals surface area contributed by atoms with E-state index in [1.807, 2.05) is 25.1 Å². The summed E-state index contributed by atoms with van der Waals surface area (Å²) in [6.07, 6.45) is 0. The summed E-state index contributed by atoms with van der Waals surface area (Å²) in [5.41, 5.74) is 14.8. The zero-order valence-corrected chi connectivity index (χ0v) is 13.7. The normalized spacial score (nSPS) is 10.7. The van der Waals surface area contributed by atoms with E-state index in [-0.39, 0.29) is 5.75 Å². The SMILES string of the molecule is Cc1cc(-c2ccccc2C)c(N)c(-c2cc(O)ccc2C)c1. The van der Waals surface area contributed by atoms with Gasteiger partial charge in [0.15, 0.2) is 0 Å². The van der Waals surface area contributed by atoms with Crippen LogP contribution in [0.15, 0.2) is 54.6 Å². The number of hydrogen-bond acceptors (Lipinski definition) is 2. The number of aromatic hydroxyl groups is 1. The Morgan fingerprint density at radius 3 is 2.00 bits per heavy atom. The van der Waals surface area contributed by atoms with Crippen molar-refractivity contribution in [1.82, 2.24) is 0 Å². The molecule has 3 N–H and O–H groups in total. The lowest BCUT2D eigenvalue weighted by molar-refractivity contribution is 0.475. The minimum Gasteiger partial charge on any atom is -0.508 e. The Labute approximate surface area is 137 Å². The van der Waals surface area contributed by atoms with Gasteiger partial charge in [-0.1, -0.05) is 30.3 Å². The predicted octanol–water partition coefficient (Wildman–Crippen LogP) is 5.23. The molecule has 3 rings (SSSR count). The van der Waals surface area contributed by atoms with E-state index >= 15 is 0 Å². The van der Waals surface area contributed by atoms with Crippen molar-refractivity contribution < 1.29 is 5.11 Å². The van der Waals surface area contributed by atoms with Gasteiger partial charge in [0.05, 0.1) is 0 Å². The fraction of sp³-hybridized carbons (Fsp3) is 0.143.